The van der Waals surface area contributed by atoms with Gasteiger partial charge in [0.25, 0.3) is 0 Å². The van der Waals surface area contributed by atoms with Crippen molar-refractivity contribution in [2.24, 2.45) is 0 Å². The Hall–Kier alpha value is -0.0800. The summed E-state index contributed by atoms with van der Waals surface area (Å²) in [6.07, 6.45) is 6.55. The SMILES string of the molecule is CCCCCN(C)C1CC(C)(C)NC(C)(C)C1. The third kappa shape index (κ3) is 4.97. The van der Waals surface area contributed by atoms with E-state index in [0.717, 1.165) is 6.04 Å². The number of rotatable bonds is 5. The van der Waals surface area contributed by atoms with Crippen molar-refractivity contribution in [2.45, 2.75) is 83.8 Å². The predicted molar refractivity (Wildman–Crippen MR) is 76.5 cm³/mol. The van der Waals surface area contributed by atoms with Crippen molar-refractivity contribution in [3.63, 3.8) is 0 Å². The van der Waals surface area contributed by atoms with E-state index >= 15 is 0 Å². The summed E-state index contributed by atoms with van der Waals surface area (Å²) in [4.78, 5) is 2.58. The van der Waals surface area contributed by atoms with Crippen molar-refractivity contribution >= 4 is 0 Å². The van der Waals surface area contributed by atoms with Crippen molar-refractivity contribution < 1.29 is 0 Å². The molecule has 0 aromatic heterocycles. The maximum Gasteiger partial charge on any atom is 0.0145 e. The minimum Gasteiger partial charge on any atom is -0.307 e. The molecule has 0 aromatic rings. The molecule has 1 N–H and O–H groups in total. The van der Waals surface area contributed by atoms with Crippen LogP contribution in [0.4, 0.5) is 0 Å². The number of nitrogens with one attached hydrogen (secondary N) is 1. The van der Waals surface area contributed by atoms with Gasteiger partial charge in [0.1, 0.15) is 0 Å². The molecule has 0 unspecified atom stereocenters. The standard InChI is InChI=1S/C15H32N2/c1-7-8-9-10-17(6)13-11-14(2,3)16-15(4,5)12-13/h13,16H,7-12H2,1-6H3. The summed E-state index contributed by atoms with van der Waals surface area (Å²) in [6.45, 7) is 12.9. The Bertz CT molecular complexity index is 217. The van der Waals surface area contributed by atoms with Gasteiger partial charge in [-0.1, -0.05) is 19.8 Å². The molecule has 1 aliphatic heterocycles. The first-order chi connectivity index (χ1) is 7.76. The van der Waals surface area contributed by atoms with E-state index in [0.29, 0.717) is 0 Å². The molecule has 0 bridgehead atoms. The lowest BCUT2D eigenvalue weighted by Gasteiger charge is -2.49. The molecule has 0 atom stereocenters. The van der Waals surface area contributed by atoms with E-state index in [2.05, 4.69) is 51.9 Å². The summed E-state index contributed by atoms with van der Waals surface area (Å²) in [6, 6.07) is 0.734. The second kappa shape index (κ2) is 5.71. The predicted octanol–water partition coefficient (Wildman–Crippen LogP) is 3.42. The van der Waals surface area contributed by atoms with Crippen molar-refractivity contribution in [2.75, 3.05) is 13.6 Å². The van der Waals surface area contributed by atoms with Crippen LogP contribution in [0.5, 0.6) is 0 Å². The molecule has 1 saturated heterocycles. The van der Waals surface area contributed by atoms with Gasteiger partial charge in [-0.15, -0.1) is 0 Å². The Labute approximate surface area is 108 Å². The zero-order chi connectivity index (χ0) is 13.1. The van der Waals surface area contributed by atoms with E-state index in [-0.39, 0.29) is 11.1 Å². The largest absolute Gasteiger partial charge is 0.307 e. The Morgan fingerprint density at radius 3 is 2.06 bits per heavy atom. The summed E-state index contributed by atoms with van der Waals surface area (Å²) in [5, 5.41) is 3.76. The molecule has 0 spiro atoms. The van der Waals surface area contributed by atoms with Crippen LogP contribution in [-0.2, 0) is 0 Å². The van der Waals surface area contributed by atoms with Crippen molar-refractivity contribution in [1.82, 2.24) is 10.2 Å². The van der Waals surface area contributed by atoms with E-state index in [9.17, 15) is 0 Å². The molecule has 2 nitrogen and oxygen atoms in total. The van der Waals surface area contributed by atoms with E-state index in [1.54, 1.807) is 0 Å². The lowest BCUT2D eigenvalue weighted by molar-refractivity contribution is 0.0806. The van der Waals surface area contributed by atoms with Gasteiger partial charge in [-0.2, -0.15) is 0 Å². The topological polar surface area (TPSA) is 15.3 Å². The summed E-state index contributed by atoms with van der Waals surface area (Å²) in [7, 11) is 2.30. The van der Waals surface area contributed by atoms with Crippen LogP contribution >= 0.6 is 0 Å². The first kappa shape index (κ1) is 15.0. The van der Waals surface area contributed by atoms with Crippen LogP contribution in [0.25, 0.3) is 0 Å². The van der Waals surface area contributed by atoms with Crippen LogP contribution < -0.4 is 5.32 Å². The Balaban J connectivity index is 2.52. The lowest BCUT2D eigenvalue weighted by atomic mass is 9.79. The van der Waals surface area contributed by atoms with Crippen molar-refractivity contribution in [3.05, 3.63) is 0 Å². The molecule has 1 aliphatic rings. The molecule has 0 saturated carbocycles. The number of piperidine rings is 1. The van der Waals surface area contributed by atoms with Gasteiger partial charge in [-0.05, 0) is 60.5 Å². The lowest BCUT2D eigenvalue weighted by Crippen LogP contribution is -2.61. The van der Waals surface area contributed by atoms with Crippen LogP contribution in [0.3, 0.4) is 0 Å². The van der Waals surface area contributed by atoms with Gasteiger partial charge in [0, 0.05) is 17.1 Å². The monoisotopic (exact) mass is 240 g/mol. The molecule has 1 fully saturated rings. The van der Waals surface area contributed by atoms with E-state index < -0.39 is 0 Å². The Morgan fingerprint density at radius 2 is 1.59 bits per heavy atom. The van der Waals surface area contributed by atoms with Crippen LogP contribution in [0.15, 0.2) is 0 Å². The van der Waals surface area contributed by atoms with Crippen LogP contribution in [-0.4, -0.2) is 35.6 Å². The Morgan fingerprint density at radius 1 is 1.06 bits per heavy atom. The fourth-order valence-corrected chi connectivity index (χ4v) is 3.37. The molecular formula is C15H32N2. The highest BCUT2D eigenvalue weighted by molar-refractivity contribution is 4.99. The van der Waals surface area contributed by atoms with E-state index in [4.69, 9.17) is 0 Å². The maximum absolute atomic E-state index is 3.76. The van der Waals surface area contributed by atoms with Gasteiger partial charge in [0.2, 0.25) is 0 Å². The minimum atomic E-state index is 0.269. The quantitative estimate of drug-likeness (QED) is 0.741. The second-order valence-corrected chi connectivity index (χ2v) is 7.14. The maximum atomic E-state index is 3.76. The fourth-order valence-electron chi connectivity index (χ4n) is 3.37. The number of hydrogen-bond acceptors (Lipinski definition) is 2. The molecule has 0 amide bonds. The highest BCUT2D eigenvalue weighted by atomic mass is 15.2. The highest BCUT2D eigenvalue weighted by Gasteiger charge is 2.38. The minimum absolute atomic E-state index is 0.269. The molecule has 17 heavy (non-hydrogen) atoms. The summed E-state index contributed by atoms with van der Waals surface area (Å²) < 4.78 is 0. The van der Waals surface area contributed by atoms with Gasteiger partial charge in [-0.25, -0.2) is 0 Å². The van der Waals surface area contributed by atoms with Gasteiger partial charge in [0.15, 0.2) is 0 Å². The first-order valence-electron chi connectivity index (χ1n) is 7.25. The summed E-state index contributed by atoms with van der Waals surface area (Å²) in [5.41, 5.74) is 0.539. The third-order valence-corrected chi connectivity index (χ3v) is 3.91. The van der Waals surface area contributed by atoms with Gasteiger partial charge < -0.3 is 10.2 Å². The van der Waals surface area contributed by atoms with Crippen LogP contribution in [0.2, 0.25) is 0 Å². The van der Waals surface area contributed by atoms with Gasteiger partial charge >= 0.3 is 0 Å². The Kier molecular flexibility index (Phi) is 5.03. The van der Waals surface area contributed by atoms with E-state index in [1.807, 2.05) is 0 Å². The molecule has 0 aromatic carbocycles. The highest BCUT2D eigenvalue weighted by Crippen LogP contribution is 2.31. The number of unbranched alkanes of at least 4 members (excludes halogenated alkanes) is 2. The van der Waals surface area contributed by atoms with Gasteiger partial charge in [-0.3, -0.25) is 0 Å². The average Bonchev–Trinajstić information content (AvgIpc) is 2.13. The van der Waals surface area contributed by atoms with Gasteiger partial charge in [0.05, 0.1) is 0 Å². The molecule has 0 aliphatic carbocycles. The zero-order valence-electron chi connectivity index (χ0n) is 12.8. The molecule has 1 rings (SSSR count). The van der Waals surface area contributed by atoms with Crippen molar-refractivity contribution in [3.8, 4) is 0 Å². The number of nitrogens with zero attached hydrogens (tertiary/aromatic N) is 1. The van der Waals surface area contributed by atoms with Crippen molar-refractivity contribution in [1.29, 1.82) is 0 Å². The normalized spacial score (nSPS) is 24.2. The smallest absolute Gasteiger partial charge is 0.0145 e. The molecule has 102 valence electrons. The zero-order valence-corrected chi connectivity index (χ0v) is 12.8. The first-order valence-corrected chi connectivity index (χ1v) is 7.25. The molecule has 2 heteroatoms. The molecule has 0 radical (unpaired) electrons. The van der Waals surface area contributed by atoms with Crippen LogP contribution in [0, 0.1) is 0 Å². The second-order valence-electron chi connectivity index (χ2n) is 7.14. The fraction of sp³-hybridized carbons (Fsp3) is 1.00. The summed E-state index contributed by atoms with van der Waals surface area (Å²) in [5.74, 6) is 0. The van der Waals surface area contributed by atoms with E-state index in [1.165, 1.54) is 38.6 Å². The third-order valence-electron chi connectivity index (χ3n) is 3.91. The van der Waals surface area contributed by atoms with Crippen LogP contribution in [0.1, 0.15) is 66.7 Å². The summed E-state index contributed by atoms with van der Waals surface area (Å²) >= 11 is 0. The number of hydrogen-bond donors (Lipinski definition) is 1. The molecule has 1 heterocycles. The molecular weight excluding hydrogens is 208 g/mol. The average molecular weight is 240 g/mol.